The molecule has 0 saturated carbocycles. The number of hydrogen-bond acceptors (Lipinski definition) is 5. The van der Waals surface area contributed by atoms with Crippen LogP contribution >= 0.6 is 0 Å². The highest BCUT2D eigenvalue weighted by Crippen LogP contribution is 2.25. The Morgan fingerprint density at radius 3 is 3.09 bits per heavy atom. The summed E-state index contributed by atoms with van der Waals surface area (Å²) in [6, 6.07) is 1.45. The Bertz CT molecular complexity index is 558. The van der Waals surface area contributed by atoms with Gasteiger partial charge in [0.05, 0.1) is 5.69 Å². The average molecular weight is 308 g/mol. The molecule has 1 atom stereocenters. The summed E-state index contributed by atoms with van der Waals surface area (Å²) in [6.45, 7) is 4.11. The summed E-state index contributed by atoms with van der Waals surface area (Å²) >= 11 is 0. The van der Waals surface area contributed by atoms with Gasteiger partial charge in [0.2, 0.25) is 11.9 Å². The van der Waals surface area contributed by atoms with E-state index in [2.05, 4.69) is 16.9 Å². The second-order valence-corrected chi connectivity index (χ2v) is 5.64. The number of aromatic nitrogens is 2. The van der Waals surface area contributed by atoms with Crippen LogP contribution in [-0.4, -0.2) is 47.1 Å². The lowest BCUT2D eigenvalue weighted by molar-refractivity contribution is -0.135. The van der Waals surface area contributed by atoms with Crippen LogP contribution in [0.5, 0.6) is 0 Å². The number of nitrogens with zero attached hydrogens (tertiary/aromatic N) is 2. The summed E-state index contributed by atoms with van der Waals surface area (Å²) in [4.78, 5) is 31.9. The van der Waals surface area contributed by atoms with E-state index in [0.717, 1.165) is 25.7 Å². The van der Waals surface area contributed by atoms with E-state index in [1.807, 2.05) is 0 Å². The molecule has 1 amide bonds. The minimum Gasteiger partial charge on any atom is -0.372 e. The van der Waals surface area contributed by atoms with Crippen molar-refractivity contribution >= 4 is 11.9 Å². The van der Waals surface area contributed by atoms with Crippen LogP contribution in [0.25, 0.3) is 0 Å². The molecular formula is C15H24N4O3. The van der Waals surface area contributed by atoms with Gasteiger partial charge in [0.15, 0.2) is 0 Å². The predicted octanol–water partition coefficient (Wildman–Crippen LogP) is 0.875. The number of ether oxygens (including phenoxy) is 1. The zero-order valence-electron chi connectivity index (χ0n) is 13.0. The van der Waals surface area contributed by atoms with Gasteiger partial charge in [-0.05, 0) is 12.8 Å². The van der Waals surface area contributed by atoms with E-state index in [1.165, 1.54) is 6.07 Å². The SMILES string of the molecule is CCCCCOCC(=O)N1CCC(c2cc(=O)[nH]c(N)n2)C1. The number of likely N-dealkylation sites (tertiary alicyclic amines) is 1. The zero-order valence-corrected chi connectivity index (χ0v) is 13.0. The quantitative estimate of drug-likeness (QED) is 0.728. The molecule has 0 aromatic carbocycles. The molecule has 1 aromatic rings. The molecule has 1 fully saturated rings. The van der Waals surface area contributed by atoms with Gasteiger partial charge in [-0.25, -0.2) is 4.98 Å². The minimum atomic E-state index is -0.258. The molecule has 7 heteroatoms. The van der Waals surface area contributed by atoms with Gasteiger partial charge < -0.3 is 15.4 Å². The van der Waals surface area contributed by atoms with Gasteiger partial charge in [0.25, 0.3) is 5.56 Å². The number of nitrogen functional groups attached to an aromatic ring is 1. The third kappa shape index (κ3) is 4.56. The molecule has 2 heterocycles. The minimum absolute atomic E-state index is 0.00295. The van der Waals surface area contributed by atoms with E-state index in [0.29, 0.717) is 25.4 Å². The molecule has 2 rings (SSSR count). The summed E-state index contributed by atoms with van der Waals surface area (Å²) in [5, 5.41) is 0. The Morgan fingerprint density at radius 1 is 1.55 bits per heavy atom. The molecule has 22 heavy (non-hydrogen) atoms. The molecule has 0 bridgehead atoms. The number of unbranched alkanes of at least 4 members (excludes halogenated alkanes) is 2. The number of hydrogen-bond donors (Lipinski definition) is 2. The molecule has 0 radical (unpaired) electrons. The molecule has 0 aliphatic carbocycles. The number of nitrogens with one attached hydrogen (secondary N) is 1. The second kappa shape index (κ2) is 7.93. The van der Waals surface area contributed by atoms with Crippen molar-refractivity contribution in [2.75, 3.05) is 32.0 Å². The van der Waals surface area contributed by atoms with Gasteiger partial charge in [0, 0.05) is 31.7 Å². The molecule has 3 N–H and O–H groups in total. The third-order valence-electron chi connectivity index (χ3n) is 3.86. The predicted molar refractivity (Wildman–Crippen MR) is 83.6 cm³/mol. The number of H-pyrrole nitrogens is 1. The van der Waals surface area contributed by atoms with Gasteiger partial charge in [-0.1, -0.05) is 19.8 Å². The van der Waals surface area contributed by atoms with Crippen LogP contribution in [0.4, 0.5) is 5.95 Å². The van der Waals surface area contributed by atoms with E-state index in [4.69, 9.17) is 10.5 Å². The van der Waals surface area contributed by atoms with Crippen LogP contribution in [0.1, 0.15) is 44.2 Å². The van der Waals surface area contributed by atoms with E-state index < -0.39 is 0 Å². The first-order chi connectivity index (χ1) is 10.6. The molecule has 1 saturated heterocycles. The van der Waals surface area contributed by atoms with Crippen molar-refractivity contribution in [3.8, 4) is 0 Å². The van der Waals surface area contributed by atoms with E-state index >= 15 is 0 Å². The summed E-state index contributed by atoms with van der Waals surface area (Å²) in [7, 11) is 0. The van der Waals surface area contributed by atoms with Gasteiger partial charge in [0.1, 0.15) is 6.61 Å². The van der Waals surface area contributed by atoms with Crippen LogP contribution in [0, 0.1) is 0 Å². The Kier molecular flexibility index (Phi) is 5.94. The normalized spacial score (nSPS) is 17.9. The van der Waals surface area contributed by atoms with Crippen molar-refractivity contribution in [2.45, 2.75) is 38.5 Å². The monoisotopic (exact) mass is 308 g/mol. The van der Waals surface area contributed by atoms with Gasteiger partial charge >= 0.3 is 0 Å². The van der Waals surface area contributed by atoms with Crippen molar-refractivity contribution in [1.29, 1.82) is 0 Å². The van der Waals surface area contributed by atoms with Gasteiger partial charge in [-0.3, -0.25) is 14.6 Å². The standard InChI is InChI=1S/C15H24N4O3/c1-2-3-4-7-22-10-14(21)19-6-5-11(9-19)12-8-13(20)18-15(16)17-12/h8,11H,2-7,9-10H2,1H3,(H3,16,17,18,20). The maximum absolute atomic E-state index is 12.1. The highest BCUT2D eigenvalue weighted by molar-refractivity contribution is 5.77. The molecule has 1 aromatic heterocycles. The molecule has 0 spiro atoms. The smallest absolute Gasteiger partial charge is 0.252 e. The van der Waals surface area contributed by atoms with Crippen molar-refractivity contribution in [2.24, 2.45) is 0 Å². The van der Waals surface area contributed by atoms with Crippen LogP contribution < -0.4 is 11.3 Å². The van der Waals surface area contributed by atoms with E-state index in [1.54, 1.807) is 4.90 Å². The number of aromatic amines is 1. The van der Waals surface area contributed by atoms with Crippen LogP contribution in [0.3, 0.4) is 0 Å². The maximum Gasteiger partial charge on any atom is 0.252 e. The lowest BCUT2D eigenvalue weighted by atomic mass is 10.1. The third-order valence-corrected chi connectivity index (χ3v) is 3.86. The van der Waals surface area contributed by atoms with Crippen LogP contribution in [-0.2, 0) is 9.53 Å². The zero-order chi connectivity index (χ0) is 15.9. The number of amides is 1. The van der Waals surface area contributed by atoms with E-state index in [-0.39, 0.29) is 29.9 Å². The number of carbonyl (C=O) groups excluding carboxylic acids is 1. The summed E-state index contributed by atoms with van der Waals surface area (Å²) < 4.78 is 5.41. The average Bonchev–Trinajstić information content (AvgIpc) is 2.96. The fourth-order valence-electron chi connectivity index (χ4n) is 2.64. The first kappa shape index (κ1) is 16.5. The van der Waals surface area contributed by atoms with Crippen molar-refractivity contribution in [3.05, 3.63) is 22.1 Å². The number of nitrogens with two attached hydrogens (primary N) is 1. The summed E-state index contributed by atoms with van der Waals surface area (Å²) in [5.41, 5.74) is 5.96. The Labute approximate surface area is 129 Å². The first-order valence-electron chi connectivity index (χ1n) is 7.82. The maximum atomic E-state index is 12.1. The first-order valence-corrected chi connectivity index (χ1v) is 7.82. The number of anilines is 1. The Hall–Kier alpha value is -1.89. The van der Waals surface area contributed by atoms with E-state index in [9.17, 15) is 9.59 Å². The fourth-order valence-corrected chi connectivity index (χ4v) is 2.64. The molecule has 1 unspecified atom stereocenters. The topological polar surface area (TPSA) is 101 Å². The largest absolute Gasteiger partial charge is 0.372 e. The molecule has 1 aliphatic rings. The van der Waals surface area contributed by atoms with Crippen molar-refractivity contribution in [3.63, 3.8) is 0 Å². The number of carbonyl (C=O) groups is 1. The number of rotatable bonds is 7. The molecule has 122 valence electrons. The van der Waals surface area contributed by atoms with Crippen LogP contribution in [0.15, 0.2) is 10.9 Å². The van der Waals surface area contributed by atoms with Gasteiger partial charge in [-0.15, -0.1) is 0 Å². The molecule has 1 aliphatic heterocycles. The fraction of sp³-hybridized carbons (Fsp3) is 0.667. The Balaban J connectivity index is 1.81. The summed E-state index contributed by atoms with van der Waals surface area (Å²) in [5.74, 6) is 0.178. The lowest BCUT2D eigenvalue weighted by Crippen LogP contribution is -2.32. The highest BCUT2D eigenvalue weighted by atomic mass is 16.5. The molecule has 7 nitrogen and oxygen atoms in total. The lowest BCUT2D eigenvalue weighted by Gasteiger charge is -2.16. The Morgan fingerprint density at radius 2 is 2.36 bits per heavy atom. The molecular weight excluding hydrogens is 284 g/mol. The summed E-state index contributed by atoms with van der Waals surface area (Å²) in [6.07, 6.45) is 4.03. The van der Waals surface area contributed by atoms with Crippen molar-refractivity contribution in [1.82, 2.24) is 14.9 Å². The van der Waals surface area contributed by atoms with Crippen LogP contribution in [0.2, 0.25) is 0 Å². The van der Waals surface area contributed by atoms with Gasteiger partial charge in [-0.2, -0.15) is 0 Å². The van der Waals surface area contributed by atoms with Crippen molar-refractivity contribution < 1.29 is 9.53 Å². The second-order valence-electron chi connectivity index (χ2n) is 5.64. The highest BCUT2D eigenvalue weighted by Gasteiger charge is 2.28.